The molecule has 0 aliphatic heterocycles. The van der Waals surface area contributed by atoms with Crippen molar-refractivity contribution in [1.82, 2.24) is 14.5 Å². The van der Waals surface area contributed by atoms with Crippen LogP contribution in [0, 0.1) is 20.8 Å². The quantitative estimate of drug-likeness (QED) is 0.800. The summed E-state index contributed by atoms with van der Waals surface area (Å²) in [7, 11) is 0. The molecule has 4 heteroatoms. The topological polar surface area (TPSA) is 56.7 Å². The lowest BCUT2D eigenvalue weighted by Crippen LogP contribution is -2.05. The summed E-state index contributed by atoms with van der Waals surface area (Å²) in [6.45, 7) is 10.2. The number of nitrogens with two attached hydrogens (primary N) is 1. The first-order valence-corrected chi connectivity index (χ1v) is 5.54. The number of nitrogen functional groups attached to an aromatic ring is 1. The van der Waals surface area contributed by atoms with Crippen LogP contribution in [0.25, 0.3) is 11.2 Å². The molecule has 0 aliphatic rings. The highest BCUT2D eigenvalue weighted by molar-refractivity contribution is 5.87. The second-order valence-electron chi connectivity index (χ2n) is 4.53. The van der Waals surface area contributed by atoms with E-state index in [-0.39, 0.29) is 0 Å². The van der Waals surface area contributed by atoms with Gasteiger partial charge >= 0.3 is 0 Å². The maximum Gasteiger partial charge on any atom is 0.162 e. The van der Waals surface area contributed by atoms with E-state index in [0.717, 1.165) is 33.9 Å². The Balaban J connectivity index is 2.91. The average Bonchev–Trinajstić information content (AvgIpc) is 2.51. The van der Waals surface area contributed by atoms with Crippen LogP contribution < -0.4 is 5.73 Å². The molecule has 0 aromatic carbocycles. The summed E-state index contributed by atoms with van der Waals surface area (Å²) in [4.78, 5) is 9.11. The summed E-state index contributed by atoms with van der Waals surface area (Å²) in [6, 6.07) is 0.346. The molecule has 2 aromatic heterocycles. The molecule has 2 rings (SSSR count). The number of fused-ring (bicyclic) bond motifs is 1. The van der Waals surface area contributed by atoms with Gasteiger partial charge < -0.3 is 10.3 Å². The first kappa shape index (κ1) is 10.9. The summed E-state index contributed by atoms with van der Waals surface area (Å²) in [5.74, 6) is 0.967. The number of hydrogen-bond donors (Lipinski definition) is 1. The molecule has 0 fully saturated rings. The average molecular weight is 218 g/mol. The fourth-order valence-electron chi connectivity index (χ4n) is 2.05. The van der Waals surface area contributed by atoms with Crippen molar-refractivity contribution in [1.29, 1.82) is 0 Å². The molecule has 2 N–H and O–H groups in total. The van der Waals surface area contributed by atoms with Gasteiger partial charge in [0.15, 0.2) is 5.65 Å². The fourth-order valence-corrected chi connectivity index (χ4v) is 2.05. The molecule has 0 spiro atoms. The van der Waals surface area contributed by atoms with Crippen molar-refractivity contribution in [2.45, 2.75) is 40.7 Å². The molecule has 0 aliphatic carbocycles. The highest BCUT2D eigenvalue weighted by Crippen LogP contribution is 2.27. The fraction of sp³-hybridized carbons (Fsp3) is 0.500. The molecular weight excluding hydrogens is 200 g/mol. The van der Waals surface area contributed by atoms with Crippen molar-refractivity contribution in [2.75, 3.05) is 5.73 Å². The van der Waals surface area contributed by atoms with Crippen molar-refractivity contribution >= 4 is 16.9 Å². The predicted molar refractivity (Wildman–Crippen MR) is 66.5 cm³/mol. The lowest BCUT2D eigenvalue weighted by atomic mass is 10.2. The Labute approximate surface area is 95.5 Å². The molecule has 16 heavy (non-hydrogen) atoms. The second-order valence-corrected chi connectivity index (χ2v) is 4.53. The van der Waals surface area contributed by atoms with E-state index < -0.39 is 0 Å². The standard InChI is InChI=1S/C12H18N4/c1-6(2)16-9(5)15-11-10(13)7(3)8(4)14-12(11)16/h6H,1-5H3,(H2,13,14). The number of nitrogens with zero attached hydrogens (tertiary/aromatic N) is 3. The van der Waals surface area contributed by atoms with Crippen molar-refractivity contribution in [3.63, 3.8) is 0 Å². The number of hydrogen-bond acceptors (Lipinski definition) is 3. The van der Waals surface area contributed by atoms with Crippen molar-refractivity contribution in [3.8, 4) is 0 Å². The molecule has 4 nitrogen and oxygen atoms in total. The number of anilines is 1. The largest absolute Gasteiger partial charge is 0.397 e. The van der Waals surface area contributed by atoms with Crippen LogP contribution in [0.3, 0.4) is 0 Å². The number of aromatic nitrogens is 3. The van der Waals surface area contributed by atoms with E-state index in [0.29, 0.717) is 6.04 Å². The van der Waals surface area contributed by atoms with Crippen LogP contribution in [0.15, 0.2) is 0 Å². The van der Waals surface area contributed by atoms with E-state index in [1.165, 1.54) is 0 Å². The van der Waals surface area contributed by atoms with E-state index in [9.17, 15) is 0 Å². The minimum Gasteiger partial charge on any atom is -0.397 e. The molecule has 2 aromatic rings. The normalized spacial score (nSPS) is 11.6. The van der Waals surface area contributed by atoms with Gasteiger partial charge in [-0.15, -0.1) is 0 Å². The predicted octanol–water partition coefficient (Wildman–Crippen LogP) is 2.52. The third-order valence-electron chi connectivity index (χ3n) is 3.05. The molecule has 0 bridgehead atoms. The molecule has 0 unspecified atom stereocenters. The van der Waals surface area contributed by atoms with Crippen LogP contribution in [0.5, 0.6) is 0 Å². The number of pyridine rings is 1. The van der Waals surface area contributed by atoms with Crippen molar-refractivity contribution < 1.29 is 0 Å². The molecule has 0 saturated heterocycles. The maximum atomic E-state index is 6.09. The van der Waals surface area contributed by atoms with Crippen LogP contribution in [-0.4, -0.2) is 14.5 Å². The van der Waals surface area contributed by atoms with E-state index in [1.807, 2.05) is 20.8 Å². The van der Waals surface area contributed by atoms with Crippen LogP contribution >= 0.6 is 0 Å². The molecule has 2 heterocycles. The highest BCUT2D eigenvalue weighted by atomic mass is 15.1. The Morgan fingerprint density at radius 2 is 1.75 bits per heavy atom. The van der Waals surface area contributed by atoms with E-state index in [2.05, 4.69) is 28.4 Å². The van der Waals surface area contributed by atoms with Gasteiger partial charge in [0.25, 0.3) is 0 Å². The second kappa shape index (κ2) is 3.47. The highest BCUT2D eigenvalue weighted by Gasteiger charge is 2.16. The van der Waals surface area contributed by atoms with Gasteiger partial charge in [0, 0.05) is 11.7 Å². The van der Waals surface area contributed by atoms with E-state index in [1.54, 1.807) is 0 Å². The van der Waals surface area contributed by atoms with Gasteiger partial charge in [-0.05, 0) is 40.2 Å². The summed E-state index contributed by atoms with van der Waals surface area (Å²) < 4.78 is 2.12. The van der Waals surface area contributed by atoms with E-state index in [4.69, 9.17) is 5.73 Å². The van der Waals surface area contributed by atoms with Gasteiger partial charge in [0.2, 0.25) is 0 Å². The summed E-state index contributed by atoms with van der Waals surface area (Å²) in [6.07, 6.45) is 0. The van der Waals surface area contributed by atoms with Gasteiger partial charge in [-0.3, -0.25) is 0 Å². The van der Waals surface area contributed by atoms with Crippen molar-refractivity contribution in [2.24, 2.45) is 0 Å². The van der Waals surface area contributed by atoms with Crippen LogP contribution in [0.2, 0.25) is 0 Å². The molecular formula is C12H18N4. The Kier molecular flexibility index (Phi) is 2.37. The van der Waals surface area contributed by atoms with E-state index >= 15 is 0 Å². The summed E-state index contributed by atoms with van der Waals surface area (Å²) in [5, 5.41) is 0. The Morgan fingerprint density at radius 3 is 2.31 bits per heavy atom. The Morgan fingerprint density at radius 1 is 1.12 bits per heavy atom. The zero-order valence-electron chi connectivity index (χ0n) is 10.5. The van der Waals surface area contributed by atoms with Gasteiger partial charge in [0.05, 0.1) is 5.69 Å². The zero-order valence-corrected chi connectivity index (χ0v) is 10.5. The zero-order chi connectivity index (χ0) is 12.0. The minimum absolute atomic E-state index is 0.346. The summed E-state index contributed by atoms with van der Waals surface area (Å²) in [5.41, 5.74) is 10.6. The molecule has 86 valence electrons. The van der Waals surface area contributed by atoms with Crippen LogP contribution in [0.4, 0.5) is 5.69 Å². The van der Waals surface area contributed by atoms with Gasteiger partial charge in [-0.25, -0.2) is 9.97 Å². The van der Waals surface area contributed by atoms with Crippen LogP contribution in [0.1, 0.15) is 37.0 Å². The maximum absolute atomic E-state index is 6.09. The van der Waals surface area contributed by atoms with Gasteiger partial charge in [-0.1, -0.05) is 0 Å². The first-order valence-electron chi connectivity index (χ1n) is 5.54. The number of rotatable bonds is 1. The SMILES string of the molecule is Cc1nc2c(nc(C)n2C(C)C)c(N)c1C. The smallest absolute Gasteiger partial charge is 0.162 e. The molecule has 0 atom stereocenters. The molecule has 0 radical (unpaired) electrons. The van der Waals surface area contributed by atoms with Gasteiger partial charge in [0.1, 0.15) is 11.3 Å². The Hall–Kier alpha value is -1.58. The first-order chi connectivity index (χ1) is 7.43. The molecule has 0 amide bonds. The third kappa shape index (κ3) is 1.37. The van der Waals surface area contributed by atoms with Gasteiger partial charge in [-0.2, -0.15) is 0 Å². The Bertz CT molecular complexity index is 552. The lowest BCUT2D eigenvalue weighted by Gasteiger charge is -2.11. The number of aryl methyl sites for hydroxylation is 2. The summed E-state index contributed by atoms with van der Waals surface area (Å²) >= 11 is 0. The monoisotopic (exact) mass is 218 g/mol. The minimum atomic E-state index is 0.346. The number of imidazole rings is 1. The van der Waals surface area contributed by atoms with Crippen molar-refractivity contribution in [3.05, 3.63) is 17.1 Å². The molecule has 0 saturated carbocycles. The lowest BCUT2D eigenvalue weighted by molar-refractivity contribution is 0.595. The third-order valence-corrected chi connectivity index (χ3v) is 3.05. The van der Waals surface area contributed by atoms with Crippen LogP contribution in [-0.2, 0) is 0 Å².